The van der Waals surface area contributed by atoms with Crippen molar-refractivity contribution in [2.45, 2.75) is 38.1 Å². The summed E-state index contributed by atoms with van der Waals surface area (Å²) in [6.07, 6.45) is 8.59. The number of nitrogens with two attached hydrogens (primary N) is 1. The van der Waals surface area contributed by atoms with Gasteiger partial charge in [0.2, 0.25) is 0 Å². The smallest absolute Gasteiger partial charge is 0.184 e. The van der Waals surface area contributed by atoms with Gasteiger partial charge in [-0.1, -0.05) is 30.9 Å². The Labute approximate surface area is 160 Å². The van der Waals surface area contributed by atoms with Gasteiger partial charge in [-0.25, -0.2) is 0 Å². The largest absolute Gasteiger partial charge is 0.375 e. The lowest BCUT2D eigenvalue weighted by Gasteiger charge is -2.41. The first-order valence-corrected chi connectivity index (χ1v) is 9.79. The molecule has 0 atom stereocenters. The van der Waals surface area contributed by atoms with Crippen LogP contribution in [0.4, 0.5) is 5.69 Å². The number of piperazine rings is 1. The Bertz CT molecular complexity index is 622. The van der Waals surface area contributed by atoms with E-state index in [1.807, 2.05) is 12.1 Å². The van der Waals surface area contributed by atoms with E-state index in [4.69, 9.17) is 29.6 Å². The molecule has 2 fully saturated rings. The molecule has 3 N–H and O–H groups in total. The normalized spacial score (nSPS) is 20.1. The number of halogens is 1. The Morgan fingerprint density at radius 1 is 1.20 bits per heavy atom. The highest BCUT2D eigenvalue weighted by Gasteiger charge is 2.25. The molecule has 1 heterocycles. The number of rotatable bonds is 4. The van der Waals surface area contributed by atoms with Crippen LogP contribution in [0.15, 0.2) is 23.3 Å². The van der Waals surface area contributed by atoms with Gasteiger partial charge in [0.15, 0.2) is 5.11 Å². The number of nitrogens with one attached hydrogen (secondary N) is 1. The Balaban J connectivity index is 1.57. The van der Waals surface area contributed by atoms with Gasteiger partial charge in [-0.15, -0.1) is 0 Å². The predicted molar refractivity (Wildman–Crippen MR) is 110 cm³/mol. The minimum Gasteiger partial charge on any atom is -0.375 e. The highest BCUT2D eigenvalue weighted by atomic mass is 35.5. The zero-order valence-electron chi connectivity index (χ0n) is 14.5. The average molecular weight is 380 g/mol. The van der Waals surface area contributed by atoms with Crippen LogP contribution in [0.1, 0.15) is 37.7 Å². The Hall–Kier alpha value is -1.37. The summed E-state index contributed by atoms with van der Waals surface area (Å²) in [5.41, 5.74) is 9.90. The van der Waals surface area contributed by atoms with Gasteiger partial charge in [0.05, 0.1) is 11.2 Å². The summed E-state index contributed by atoms with van der Waals surface area (Å²) in [5.74, 6) is 0. The SMILES string of the molecule is NC(=S)NN=Cc1ccc(N2CCN(C3CCCCC3)CC2)cc1Cl. The fourth-order valence-electron chi connectivity index (χ4n) is 3.77. The molecule has 0 bridgehead atoms. The molecule has 0 aromatic heterocycles. The van der Waals surface area contributed by atoms with Crippen LogP contribution in [0.25, 0.3) is 0 Å². The van der Waals surface area contributed by atoms with Crippen LogP contribution in [-0.4, -0.2) is 48.4 Å². The second-order valence-electron chi connectivity index (χ2n) is 6.75. The first-order chi connectivity index (χ1) is 12.1. The monoisotopic (exact) mass is 379 g/mol. The molecule has 25 heavy (non-hydrogen) atoms. The molecule has 136 valence electrons. The Morgan fingerprint density at radius 3 is 2.56 bits per heavy atom. The minimum absolute atomic E-state index is 0.139. The second-order valence-corrected chi connectivity index (χ2v) is 7.60. The lowest BCUT2D eigenvalue weighted by molar-refractivity contribution is 0.148. The van der Waals surface area contributed by atoms with E-state index in [0.717, 1.165) is 37.8 Å². The van der Waals surface area contributed by atoms with E-state index in [1.54, 1.807) is 6.21 Å². The van der Waals surface area contributed by atoms with Crippen molar-refractivity contribution in [3.05, 3.63) is 28.8 Å². The third kappa shape index (κ3) is 5.06. The van der Waals surface area contributed by atoms with Gasteiger partial charge in [-0.2, -0.15) is 5.10 Å². The average Bonchev–Trinajstić information content (AvgIpc) is 2.64. The number of hydrazone groups is 1. The summed E-state index contributed by atoms with van der Waals surface area (Å²) in [5, 5.41) is 4.78. The molecule has 3 rings (SSSR count). The van der Waals surface area contributed by atoms with E-state index in [0.29, 0.717) is 5.02 Å². The highest BCUT2D eigenvalue weighted by Crippen LogP contribution is 2.27. The zero-order valence-corrected chi connectivity index (χ0v) is 16.0. The summed E-state index contributed by atoms with van der Waals surface area (Å²) >= 11 is 11.1. The Morgan fingerprint density at radius 2 is 1.92 bits per heavy atom. The molecule has 5 nitrogen and oxygen atoms in total. The van der Waals surface area contributed by atoms with Crippen molar-refractivity contribution < 1.29 is 0 Å². The van der Waals surface area contributed by atoms with Crippen molar-refractivity contribution in [1.29, 1.82) is 0 Å². The van der Waals surface area contributed by atoms with Crippen molar-refractivity contribution in [1.82, 2.24) is 10.3 Å². The maximum Gasteiger partial charge on any atom is 0.184 e. The summed E-state index contributed by atoms with van der Waals surface area (Å²) in [4.78, 5) is 5.10. The second kappa shape index (κ2) is 8.83. The molecule has 0 unspecified atom stereocenters. The van der Waals surface area contributed by atoms with Crippen molar-refractivity contribution in [3.63, 3.8) is 0 Å². The third-order valence-electron chi connectivity index (χ3n) is 5.13. The highest BCUT2D eigenvalue weighted by molar-refractivity contribution is 7.80. The van der Waals surface area contributed by atoms with Crippen LogP contribution in [0, 0.1) is 0 Å². The number of thiocarbonyl (C=S) groups is 1. The van der Waals surface area contributed by atoms with Gasteiger partial charge in [-0.05, 0) is 43.3 Å². The van der Waals surface area contributed by atoms with Crippen molar-refractivity contribution in [2.24, 2.45) is 10.8 Å². The lowest BCUT2D eigenvalue weighted by atomic mass is 9.94. The molecule has 1 aliphatic carbocycles. The maximum atomic E-state index is 6.39. The van der Waals surface area contributed by atoms with E-state index in [9.17, 15) is 0 Å². The van der Waals surface area contributed by atoms with Crippen LogP contribution in [0.3, 0.4) is 0 Å². The fourth-order valence-corrected chi connectivity index (χ4v) is 4.05. The number of benzene rings is 1. The molecule has 1 saturated heterocycles. The summed E-state index contributed by atoms with van der Waals surface area (Å²) in [6, 6.07) is 6.90. The summed E-state index contributed by atoms with van der Waals surface area (Å²) in [7, 11) is 0. The maximum absolute atomic E-state index is 6.39. The zero-order chi connectivity index (χ0) is 17.6. The van der Waals surface area contributed by atoms with Crippen LogP contribution >= 0.6 is 23.8 Å². The molecule has 1 aliphatic heterocycles. The number of hydrogen-bond donors (Lipinski definition) is 2. The van der Waals surface area contributed by atoms with E-state index >= 15 is 0 Å². The molecule has 0 spiro atoms. The molecule has 1 saturated carbocycles. The molecular weight excluding hydrogens is 354 g/mol. The van der Waals surface area contributed by atoms with Crippen molar-refractivity contribution in [2.75, 3.05) is 31.1 Å². The molecule has 2 aliphatic rings. The van der Waals surface area contributed by atoms with Gasteiger partial charge < -0.3 is 10.6 Å². The predicted octanol–water partition coefficient (Wildman–Crippen LogP) is 2.96. The Kier molecular flexibility index (Phi) is 6.51. The fraction of sp³-hybridized carbons (Fsp3) is 0.556. The van der Waals surface area contributed by atoms with E-state index in [1.165, 1.54) is 37.8 Å². The van der Waals surface area contributed by atoms with Crippen LogP contribution in [0.2, 0.25) is 5.02 Å². The van der Waals surface area contributed by atoms with Crippen LogP contribution < -0.4 is 16.1 Å². The van der Waals surface area contributed by atoms with E-state index in [-0.39, 0.29) is 5.11 Å². The van der Waals surface area contributed by atoms with Gasteiger partial charge >= 0.3 is 0 Å². The number of anilines is 1. The number of hydrogen-bond acceptors (Lipinski definition) is 4. The van der Waals surface area contributed by atoms with Gasteiger partial charge in [0.1, 0.15) is 0 Å². The topological polar surface area (TPSA) is 56.9 Å². The molecule has 0 radical (unpaired) electrons. The summed E-state index contributed by atoms with van der Waals surface area (Å²) < 4.78 is 0. The van der Waals surface area contributed by atoms with E-state index < -0.39 is 0 Å². The first kappa shape index (κ1) is 18.4. The van der Waals surface area contributed by atoms with Crippen LogP contribution in [-0.2, 0) is 0 Å². The standard InChI is InChI=1S/C18H26ClN5S/c19-17-12-16(7-6-14(17)13-21-22-18(20)25)24-10-8-23(9-11-24)15-4-2-1-3-5-15/h6-7,12-13,15H,1-5,8-11H2,(H3,20,22,25). The quantitative estimate of drug-likeness (QED) is 0.478. The molecule has 0 amide bonds. The van der Waals surface area contributed by atoms with Crippen molar-refractivity contribution >= 4 is 40.8 Å². The van der Waals surface area contributed by atoms with Gasteiger partial charge in [0.25, 0.3) is 0 Å². The molecule has 1 aromatic carbocycles. The first-order valence-electron chi connectivity index (χ1n) is 9.00. The lowest BCUT2D eigenvalue weighted by Crippen LogP contribution is -2.50. The minimum atomic E-state index is 0.139. The molecular formula is C18H26ClN5S. The summed E-state index contributed by atoms with van der Waals surface area (Å²) in [6.45, 7) is 4.40. The molecule has 1 aromatic rings. The van der Waals surface area contributed by atoms with Gasteiger partial charge in [-0.3, -0.25) is 10.3 Å². The van der Waals surface area contributed by atoms with Crippen LogP contribution in [0.5, 0.6) is 0 Å². The van der Waals surface area contributed by atoms with Crippen molar-refractivity contribution in [3.8, 4) is 0 Å². The molecule has 7 heteroatoms. The third-order valence-corrected chi connectivity index (χ3v) is 5.55. The van der Waals surface area contributed by atoms with E-state index in [2.05, 4.69) is 26.4 Å². The van der Waals surface area contributed by atoms with Gasteiger partial charge in [0, 0.05) is 43.5 Å². The number of nitrogens with zero attached hydrogens (tertiary/aromatic N) is 3.